The first-order chi connectivity index (χ1) is 12.0. The maximum absolute atomic E-state index is 12.5. The molecule has 25 heavy (non-hydrogen) atoms. The molecule has 0 radical (unpaired) electrons. The number of thioether (sulfide) groups is 1. The molecule has 1 aliphatic rings. The Morgan fingerprint density at radius 3 is 2.92 bits per heavy atom. The molecule has 1 aliphatic heterocycles. The normalized spacial score (nSPS) is 16.4. The molecule has 0 aliphatic carbocycles. The average Bonchev–Trinajstić information content (AvgIpc) is 2.94. The summed E-state index contributed by atoms with van der Waals surface area (Å²) >= 11 is 3.09. The van der Waals surface area contributed by atoms with Crippen LogP contribution >= 0.6 is 23.1 Å². The van der Waals surface area contributed by atoms with Crippen LogP contribution in [0.5, 0.6) is 0 Å². The Balaban J connectivity index is 1.58. The van der Waals surface area contributed by atoms with E-state index in [1.54, 1.807) is 23.5 Å². The molecule has 1 atom stereocenters. The average molecular weight is 369 g/mol. The first-order valence-electron chi connectivity index (χ1n) is 7.80. The van der Waals surface area contributed by atoms with Gasteiger partial charge in [0.25, 0.3) is 5.91 Å². The number of rotatable bonds is 2. The number of aromatic nitrogens is 1. The molecule has 3 aromatic rings. The molecule has 0 fully saturated rings. The van der Waals surface area contributed by atoms with Crippen LogP contribution in [0.2, 0.25) is 0 Å². The van der Waals surface area contributed by atoms with Gasteiger partial charge in [-0.2, -0.15) is 0 Å². The monoisotopic (exact) mass is 369 g/mol. The number of carbonyl (C=O) groups excluding carboxylic acids is 2. The Hall–Kier alpha value is -2.38. The Bertz CT molecular complexity index is 1010. The fourth-order valence-corrected chi connectivity index (χ4v) is 4.47. The molecule has 7 heteroatoms. The van der Waals surface area contributed by atoms with Gasteiger partial charge in [-0.3, -0.25) is 9.59 Å². The van der Waals surface area contributed by atoms with Crippen LogP contribution in [0.3, 0.4) is 0 Å². The van der Waals surface area contributed by atoms with Crippen molar-refractivity contribution >= 4 is 56.5 Å². The van der Waals surface area contributed by atoms with Crippen LogP contribution in [0.4, 0.5) is 11.4 Å². The summed E-state index contributed by atoms with van der Waals surface area (Å²) < 4.78 is 1.04. The summed E-state index contributed by atoms with van der Waals surface area (Å²) in [6, 6.07) is 11.0. The van der Waals surface area contributed by atoms with Crippen LogP contribution < -0.4 is 10.6 Å². The molecule has 5 nitrogen and oxygen atoms in total. The van der Waals surface area contributed by atoms with Gasteiger partial charge in [0.15, 0.2) is 0 Å². The molecule has 2 N–H and O–H groups in total. The lowest BCUT2D eigenvalue weighted by Crippen LogP contribution is -2.26. The largest absolute Gasteiger partial charge is 0.324 e. The van der Waals surface area contributed by atoms with Gasteiger partial charge in [-0.1, -0.05) is 0 Å². The van der Waals surface area contributed by atoms with Crippen LogP contribution in [-0.2, 0) is 4.79 Å². The molecule has 0 saturated heterocycles. The fourth-order valence-electron chi connectivity index (χ4n) is 2.67. The third kappa shape index (κ3) is 3.12. The van der Waals surface area contributed by atoms with Gasteiger partial charge in [-0.05, 0) is 50.2 Å². The lowest BCUT2D eigenvalue weighted by molar-refractivity contribution is -0.115. The van der Waals surface area contributed by atoms with Crippen molar-refractivity contribution in [2.75, 3.05) is 10.6 Å². The standard InChI is InChI=1S/C18H15N3O2S2/c1-9-17(22)21-14-7-11(3-6-15(14)24-9)18(23)20-12-4-5-13-16(8-12)25-10(2)19-13/h3-9H,1-2H3,(H,20,23)(H,21,22). The lowest BCUT2D eigenvalue weighted by atomic mass is 10.1. The van der Waals surface area contributed by atoms with E-state index < -0.39 is 0 Å². The van der Waals surface area contributed by atoms with Crippen LogP contribution in [0.25, 0.3) is 10.2 Å². The minimum absolute atomic E-state index is 0.0407. The van der Waals surface area contributed by atoms with Gasteiger partial charge in [0, 0.05) is 16.1 Å². The van der Waals surface area contributed by atoms with Gasteiger partial charge in [-0.15, -0.1) is 23.1 Å². The van der Waals surface area contributed by atoms with Crippen LogP contribution in [0.1, 0.15) is 22.3 Å². The molecule has 2 amide bonds. The van der Waals surface area contributed by atoms with Gasteiger partial charge < -0.3 is 10.6 Å². The molecule has 2 aromatic carbocycles. The zero-order valence-electron chi connectivity index (χ0n) is 13.6. The Morgan fingerprint density at radius 1 is 1.24 bits per heavy atom. The molecule has 0 saturated carbocycles. The summed E-state index contributed by atoms with van der Waals surface area (Å²) in [7, 11) is 0. The number of anilines is 2. The van der Waals surface area contributed by atoms with Gasteiger partial charge in [0.1, 0.15) is 0 Å². The second-order valence-electron chi connectivity index (χ2n) is 5.83. The lowest BCUT2D eigenvalue weighted by Gasteiger charge is -2.21. The van der Waals surface area contributed by atoms with E-state index in [1.807, 2.05) is 38.1 Å². The summed E-state index contributed by atoms with van der Waals surface area (Å²) in [6.07, 6.45) is 0. The fraction of sp³-hybridized carbons (Fsp3) is 0.167. The molecule has 0 bridgehead atoms. The molecule has 2 heterocycles. The Labute approximate surface area is 152 Å². The van der Waals surface area contributed by atoms with Crippen molar-refractivity contribution in [3.05, 3.63) is 47.0 Å². The van der Waals surface area contributed by atoms with Crippen molar-refractivity contribution in [3.63, 3.8) is 0 Å². The molecular formula is C18H15N3O2S2. The van der Waals surface area contributed by atoms with E-state index in [0.29, 0.717) is 11.3 Å². The highest BCUT2D eigenvalue weighted by atomic mass is 32.2. The highest BCUT2D eigenvalue weighted by Gasteiger charge is 2.23. The summed E-state index contributed by atoms with van der Waals surface area (Å²) in [4.78, 5) is 29.8. The summed E-state index contributed by atoms with van der Waals surface area (Å²) in [5, 5.41) is 6.63. The van der Waals surface area contributed by atoms with Crippen molar-refractivity contribution in [3.8, 4) is 0 Å². The number of nitrogens with zero attached hydrogens (tertiary/aromatic N) is 1. The second kappa shape index (κ2) is 6.16. The van der Waals surface area contributed by atoms with E-state index in [2.05, 4.69) is 15.6 Å². The topological polar surface area (TPSA) is 71.1 Å². The Kier molecular flexibility index (Phi) is 3.97. The van der Waals surface area contributed by atoms with E-state index in [4.69, 9.17) is 0 Å². The molecule has 126 valence electrons. The maximum atomic E-state index is 12.5. The third-order valence-corrected chi connectivity index (χ3v) is 6.04. The van der Waals surface area contributed by atoms with Crippen molar-refractivity contribution in [2.24, 2.45) is 0 Å². The van der Waals surface area contributed by atoms with Crippen molar-refractivity contribution in [2.45, 2.75) is 24.0 Å². The van der Waals surface area contributed by atoms with Crippen LogP contribution in [0, 0.1) is 6.92 Å². The number of hydrogen-bond donors (Lipinski definition) is 2. The predicted octanol–water partition coefficient (Wildman–Crippen LogP) is 4.29. The minimum Gasteiger partial charge on any atom is -0.324 e. The molecule has 1 aromatic heterocycles. The number of carbonyl (C=O) groups is 2. The van der Waals surface area contributed by atoms with Crippen LogP contribution in [-0.4, -0.2) is 22.0 Å². The number of fused-ring (bicyclic) bond motifs is 2. The second-order valence-corrected chi connectivity index (χ2v) is 8.45. The molecule has 0 spiro atoms. The number of hydrogen-bond acceptors (Lipinski definition) is 5. The number of amides is 2. The van der Waals surface area contributed by atoms with Crippen molar-refractivity contribution in [1.82, 2.24) is 4.98 Å². The summed E-state index contributed by atoms with van der Waals surface area (Å²) in [5.41, 5.74) is 2.86. The molecule has 1 unspecified atom stereocenters. The SMILES string of the molecule is Cc1nc2ccc(NC(=O)c3ccc4c(c3)NC(=O)C(C)S4)cc2s1. The molecule has 4 rings (SSSR count). The highest BCUT2D eigenvalue weighted by molar-refractivity contribution is 8.00. The van der Waals surface area contributed by atoms with Gasteiger partial charge in [0.2, 0.25) is 5.91 Å². The van der Waals surface area contributed by atoms with E-state index in [0.717, 1.165) is 25.8 Å². The highest BCUT2D eigenvalue weighted by Crippen LogP contribution is 2.36. The van der Waals surface area contributed by atoms with E-state index >= 15 is 0 Å². The van der Waals surface area contributed by atoms with E-state index in [1.165, 1.54) is 11.8 Å². The van der Waals surface area contributed by atoms with Gasteiger partial charge in [0.05, 0.1) is 26.2 Å². The quantitative estimate of drug-likeness (QED) is 0.707. The minimum atomic E-state index is -0.207. The van der Waals surface area contributed by atoms with E-state index in [-0.39, 0.29) is 17.1 Å². The maximum Gasteiger partial charge on any atom is 0.255 e. The van der Waals surface area contributed by atoms with E-state index in [9.17, 15) is 9.59 Å². The zero-order valence-corrected chi connectivity index (χ0v) is 15.3. The number of aryl methyl sites for hydroxylation is 1. The first-order valence-corrected chi connectivity index (χ1v) is 9.49. The molecular weight excluding hydrogens is 354 g/mol. The Morgan fingerprint density at radius 2 is 2.08 bits per heavy atom. The number of thiazole rings is 1. The zero-order chi connectivity index (χ0) is 17.6. The first kappa shape index (κ1) is 16.1. The number of benzene rings is 2. The smallest absolute Gasteiger partial charge is 0.255 e. The summed E-state index contributed by atoms with van der Waals surface area (Å²) in [5.74, 6) is -0.248. The third-order valence-electron chi connectivity index (χ3n) is 3.93. The van der Waals surface area contributed by atoms with Crippen LogP contribution in [0.15, 0.2) is 41.3 Å². The summed E-state index contributed by atoms with van der Waals surface area (Å²) in [6.45, 7) is 3.82. The van der Waals surface area contributed by atoms with Gasteiger partial charge >= 0.3 is 0 Å². The van der Waals surface area contributed by atoms with Gasteiger partial charge in [-0.25, -0.2) is 4.98 Å². The van der Waals surface area contributed by atoms with Crippen molar-refractivity contribution < 1.29 is 9.59 Å². The number of nitrogens with one attached hydrogen (secondary N) is 2. The predicted molar refractivity (Wildman–Crippen MR) is 103 cm³/mol. The van der Waals surface area contributed by atoms with Crippen molar-refractivity contribution in [1.29, 1.82) is 0 Å².